The average molecular weight is 378 g/mol. The Morgan fingerprint density at radius 3 is 2.77 bits per heavy atom. The van der Waals surface area contributed by atoms with Crippen molar-refractivity contribution >= 4 is 23.2 Å². The lowest BCUT2D eigenvalue weighted by Crippen LogP contribution is -2.76. The molecule has 2 aromatic heterocycles. The van der Waals surface area contributed by atoms with Gasteiger partial charge in [0.2, 0.25) is 0 Å². The van der Waals surface area contributed by atoms with Crippen LogP contribution >= 0.6 is 11.3 Å². The molecule has 2 heterocycles. The second kappa shape index (κ2) is 6.48. The summed E-state index contributed by atoms with van der Waals surface area (Å²) in [6, 6.07) is 0. The zero-order valence-electron chi connectivity index (χ0n) is 15.1. The highest BCUT2D eigenvalue weighted by molar-refractivity contribution is 7.13. The van der Waals surface area contributed by atoms with E-state index in [4.69, 9.17) is 4.74 Å². The standard InChI is InChI=1S/C17H22N4O4S/c1-5-25-12-6-17(15(23)24,16(12,2)3)20-13(22)11-9-26-14(19-11)10-7-18-21(4)8-10/h7-9,12H,5-6H2,1-4H3,(H,20,22)(H,23,24). The van der Waals surface area contributed by atoms with E-state index in [-0.39, 0.29) is 18.2 Å². The number of nitrogens with zero attached hydrogens (tertiary/aromatic N) is 3. The molecular formula is C17H22N4O4S. The smallest absolute Gasteiger partial charge is 0.330 e. The Labute approximate surface area is 155 Å². The minimum atomic E-state index is -1.37. The summed E-state index contributed by atoms with van der Waals surface area (Å²) in [6.45, 7) is 5.96. The Kier molecular flexibility index (Phi) is 4.61. The SMILES string of the molecule is CCOC1CC(NC(=O)c2csc(-c3cnn(C)c3)n2)(C(=O)O)C1(C)C. The van der Waals surface area contributed by atoms with Crippen LogP contribution in [0.2, 0.25) is 0 Å². The van der Waals surface area contributed by atoms with Crippen molar-refractivity contribution < 1.29 is 19.4 Å². The minimum absolute atomic E-state index is 0.199. The highest BCUT2D eigenvalue weighted by Crippen LogP contribution is 2.51. The molecule has 0 aliphatic heterocycles. The largest absolute Gasteiger partial charge is 0.479 e. The average Bonchev–Trinajstić information content (AvgIpc) is 3.22. The summed E-state index contributed by atoms with van der Waals surface area (Å²) in [5, 5.41) is 18.9. The number of aromatic nitrogens is 3. The van der Waals surface area contributed by atoms with Gasteiger partial charge in [-0.1, -0.05) is 13.8 Å². The zero-order chi connectivity index (χ0) is 19.1. The van der Waals surface area contributed by atoms with E-state index in [1.54, 1.807) is 43.4 Å². The van der Waals surface area contributed by atoms with E-state index in [0.29, 0.717) is 11.6 Å². The molecule has 9 heteroatoms. The van der Waals surface area contributed by atoms with E-state index < -0.39 is 22.8 Å². The molecule has 1 fully saturated rings. The lowest BCUT2D eigenvalue weighted by Gasteiger charge is -2.58. The van der Waals surface area contributed by atoms with Crippen LogP contribution < -0.4 is 5.32 Å². The fraction of sp³-hybridized carbons (Fsp3) is 0.529. The van der Waals surface area contributed by atoms with Gasteiger partial charge in [0.05, 0.1) is 12.3 Å². The molecule has 2 aromatic rings. The number of hydrogen-bond donors (Lipinski definition) is 2. The monoisotopic (exact) mass is 378 g/mol. The molecule has 1 aliphatic carbocycles. The molecule has 140 valence electrons. The third-order valence-electron chi connectivity index (χ3n) is 5.14. The fourth-order valence-corrected chi connectivity index (χ4v) is 4.11. The normalized spacial score (nSPS) is 24.1. The van der Waals surface area contributed by atoms with Gasteiger partial charge < -0.3 is 15.2 Å². The van der Waals surface area contributed by atoms with Gasteiger partial charge in [0.1, 0.15) is 16.2 Å². The molecule has 2 N–H and O–H groups in total. The van der Waals surface area contributed by atoms with Crippen LogP contribution in [0.4, 0.5) is 0 Å². The van der Waals surface area contributed by atoms with Gasteiger partial charge in [0.25, 0.3) is 5.91 Å². The summed E-state index contributed by atoms with van der Waals surface area (Å²) in [4.78, 5) is 29.0. The summed E-state index contributed by atoms with van der Waals surface area (Å²) in [6.07, 6.45) is 3.49. The van der Waals surface area contributed by atoms with Gasteiger partial charge in [-0.25, -0.2) is 9.78 Å². The second-order valence-corrected chi connectivity index (χ2v) is 7.83. The van der Waals surface area contributed by atoms with Crippen LogP contribution in [-0.2, 0) is 16.6 Å². The van der Waals surface area contributed by atoms with Gasteiger partial charge in [-0.15, -0.1) is 11.3 Å². The fourth-order valence-electron chi connectivity index (χ4n) is 3.34. The number of aliphatic carboxylic acids is 1. The lowest BCUT2D eigenvalue weighted by molar-refractivity contribution is -0.190. The van der Waals surface area contributed by atoms with E-state index in [1.807, 2.05) is 6.92 Å². The maximum Gasteiger partial charge on any atom is 0.330 e. The Hall–Kier alpha value is -2.26. The molecule has 0 aromatic carbocycles. The van der Waals surface area contributed by atoms with Gasteiger partial charge >= 0.3 is 5.97 Å². The van der Waals surface area contributed by atoms with E-state index in [9.17, 15) is 14.7 Å². The summed E-state index contributed by atoms with van der Waals surface area (Å²) in [5.74, 6) is -1.56. The molecule has 0 radical (unpaired) electrons. The maximum atomic E-state index is 12.7. The molecule has 3 rings (SSSR count). The molecule has 1 aliphatic rings. The first kappa shape index (κ1) is 18.5. The third kappa shape index (κ3) is 2.80. The van der Waals surface area contributed by atoms with Crippen LogP contribution in [0.25, 0.3) is 10.6 Å². The number of carbonyl (C=O) groups is 2. The highest BCUT2D eigenvalue weighted by Gasteiger charge is 2.66. The quantitative estimate of drug-likeness (QED) is 0.795. The molecule has 8 nitrogen and oxygen atoms in total. The number of aryl methyl sites for hydroxylation is 1. The molecule has 1 saturated carbocycles. The van der Waals surface area contributed by atoms with Gasteiger partial charge in [-0.2, -0.15) is 5.10 Å². The Morgan fingerprint density at radius 2 is 2.23 bits per heavy atom. The molecule has 0 spiro atoms. The van der Waals surface area contributed by atoms with Crippen molar-refractivity contribution in [1.29, 1.82) is 0 Å². The first-order valence-corrected chi connectivity index (χ1v) is 9.21. The Morgan fingerprint density at radius 1 is 1.50 bits per heavy atom. The molecular weight excluding hydrogens is 356 g/mol. The van der Waals surface area contributed by atoms with E-state index >= 15 is 0 Å². The number of carboxylic acid groups (broad SMARTS) is 1. The molecule has 0 bridgehead atoms. The first-order chi connectivity index (χ1) is 12.2. The van der Waals surface area contributed by atoms with E-state index in [2.05, 4.69) is 15.4 Å². The number of carboxylic acids is 1. The maximum absolute atomic E-state index is 12.7. The second-order valence-electron chi connectivity index (χ2n) is 6.97. The van der Waals surface area contributed by atoms with Crippen molar-refractivity contribution in [3.63, 3.8) is 0 Å². The number of ether oxygens (including phenoxy) is 1. The molecule has 1 amide bonds. The number of nitrogens with one attached hydrogen (secondary N) is 1. The van der Waals surface area contributed by atoms with Gasteiger partial charge in [-0.05, 0) is 6.92 Å². The van der Waals surface area contributed by atoms with E-state index in [0.717, 1.165) is 5.56 Å². The van der Waals surface area contributed by atoms with Crippen molar-refractivity contribution in [2.75, 3.05) is 6.61 Å². The topological polar surface area (TPSA) is 106 Å². The van der Waals surface area contributed by atoms with Crippen molar-refractivity contribution in [3.05, 3.63) is 23.5 Å². The molecule has 2 atom stereocenters. The number of rotatable bonds is 6. The number of amides is 1. The highest BCUT2D eigenvalue weighted by atomic mass is 32.1. The summed E-state index contributed by atoms with van der Waals surface area (Å²) in [7, 11) is 1.80. The Bertz CT molecular complexity index is 843. The van der Waals surface area contributed by atoms with Gasteiger partial charge in [0.15, 0.2) is 0 Å². The number of thiazole rings is 1. The lowest BCUT2D eigenvalue weighted by atomic mass is 9.54. The molecule has 0 saturated heterocycles. The van der Waals surface area contributed by atoms with E-state index in [1.165, 1.54) is 11.3 Å². The van der Waals surface area contributed by atoms with Crippen LogP contribution in [-0.4, -0.2) is 50.0 Å². The van der Waals surface area contributed by atoms with Crippen LogP contribution in [0.5, 0.6) is 0 Å². The van der Waals surface area contributed by atoms with Gasteiger partial charge in [0, 0.05) is 42.6 Å². The van der Waals surface area contributed by atoms with Crippen molar-refractivity contribution in [1.82, 2.24) is 20.1 Å². The third-order valence-corrected chi connectivity index (χ3v) is 6.04. The summed E-state index contributed by atoms with van der Waals surface area (Å²) >= 11 is 1.32. The molecule has 2 unspecified atom stereocenters. The van der Waals surface area contributed by atoms with Crippen LogP contribution in [0, 0.1) is 5.41 Å². The van der Waals surface area contributed by atoms with Crippen molar-refractivity contribution in [2.45, 2.75) is 38.8 Å². The predicted molar refractivity (Wildman–Crippen MR) is 96.0 cm³/mol. The Balaban J connectivity index is 1.80. The summed E-state index contributed by atoms with van der Waals surface area (Å²) < 4.78 is 7.27. The number of carbonyl (C=O) groups excluding carboxylic acids is 1. The van der Waals surface area contributed by atoms with Crippen LogP contribution in [0.15, 0.2) is 17.8 Å². The van der Waals surface area contributed by atoms with Crippen molar-refractivity contribution in [2.24, 2.45) is 12.5 Å². The molecule has 26 heavy (non-hydrogen) atoms. The predicted octanol–water partition coefficient (Wildman–Crippen LogP) is 1.93. The first-order valence-electron chi connectivity index (χ1n) is 8.33. The number of hydrogen-bond acceptors (Lipinski definition) is 6. The van der Waals surface area contributed by atoms with Crippen LogP contribution in [0.1, 0.15) is 37.7 Å². The van der Waals surface area contributed by atoms with Crippen LogP contribution in [0.3, 0.4) is 0 Å². The van der Waals surface area contributed by atoms with Crippen molar-refractivity contribution in [3.8, 4) is 10.6 Å². The summed E-state index contributed by atoms with van der Waals surface area (Å²) in [5.41, 5.74) is -1.09. The zero-order valence-corrected chi connectivity index (χ0v) is 16.0. The minimum Gasteiger partial charge on any atom is -0.479 e. The van der Waals surface area contributed by atoms with Gasteiger partial charge in [-0.3, -0.25) is 9.48 Å².